The Bertz CT molecular complexity index is 395. The summed E-state index contributed by atoms with van der Waals surface area (Å²) in [6.07, 6.45) is 6.39. The van der Waals surface area contributed by atoms with Crippen molar-refractivity contribution < 1.29 is 0 Å². The number of pyridine rings is 1. The van der Waals surface area contributed by atoms with Crippen LogP contribution in [0.25, 0.3) is 11.5 Å². The van der Waals surface area contributed by atoms with E-state index in [1.54, 1.807) is 6.20 Å². The van der Waals surface area contributed by atoms with Crippen LogP contribution in [0, 0.1) is 0 Å². The van der Waals surface area contributed by atoms with Crippen molar-refractivity contribution in [1.29, 1.82) is 0 Å². The Kier molecular flexibility index (Phi) is 2.49. The molecule has 0 aliphatic heterocycles. The van der Waals surface area contributed by atoms with Crippen molar-refractivity contribution in [2.24, 2.45) is 0 Å². The Labute approximate surface area is 82.9 Å². The van der Waals surface area contributed by atoms with Gasteiger partial charge in [-0.05, 0) is 24.1 Å². The zero-order chi connectivity index (χ0) is 9.80. The fourth-order valence-electron chi connectivity index (χ4n) is 1.16. The summed E-state index contributed by atoms with van der Waals surface area (Å²) in [4.78, 5) is 12.7. The van der Waals surface area contributed by atoms with Gasteiger partial charge in [0.1, 0.15) is 5.69 Å². The molecule has 0 aliphatic carbocycles. The number of hydrogen-bond acceptors (Lipinski definition) is 3. The highest BCUT2D eigenvalue weighted by atomic mass is 14.9. The smallest absolute Gasteiger partial charge is 0.178 e. The van der Waals surface area contributed by atoms with E-state index in [0.29, 0.717) is 5.82 Å². The highest BCUT2D eigenvalue weighted by Gasteiger charge is 2.00. The second kappa shape index (κ2) is 3.96. The van der Waals surface area contributed by atoms with E-state index in [0.717, 1.165) is 17.7 Å². The number of hydrogen-bond donors (Lipinski definition) is 0. The van der Waals surface area contributed by atoms with Gasteiger partial charge in [0.2, 0.25) is 0 Å². The maximum atomic E-state index is 4.25. The van der Waals surface area contributed by atoms with Crippen LogP contribution >= 0.6 is 0 Å². The Morgan fingerprint density at radius 3 is 2.43 bits per heavy atom. The first-order valence-electron chi connectivity index (χ1n) is 4.62. The highest BCUT2D eigenvalue weighted by molar-refractivity contribution is 5.47. The third-order valence-electron chi connectivity index (χ3n) is 2.01. The third-order valence-corrected chi connectivity index (χ3v) is 2.01. The van der Waals surface area contributed by atoms with Gasteiger partial charge >= 0.3 is 0 Å². The molecule has 14 heavy (non-hydrogen) atoms. The van der Waals surface area contributed by atoms with Gasteiger partial charge in [-0.25, -0.2) is 9.97 Å². The van der Waals surface area contributed by atoms with Crippen LogP contribution in [0.4, 0.5) is 0 Å². The van der Waals surface area contributed by atoms with Crippen molar-refractivity contribution in [2.75, 3.05) is 0 Å². The molecule has 2 rings (SSSR count). The summed E-state index contributed by atoms with van der Waals surface area (Å²) in [7, 11) is 0. The first-order chi connectivity index (χ1) is 6.90. The molecular formula is C11H11N3. The largest absolute Gasteiger partial charge is 0.253 e. The molecule has 0 spiro atoms. The average Bonchev–Trinajstić information content (AvgIpc) is 2.30. The van der Waals surface area contributed by atoms with Gasteiger partial charge in [0.15, 0.2) is 5.82 Å². The van der Waals surface area contributed by atoms with Gasteiger partial charge in [0, 0.05) is 18.6 Å². The van der Waals surface area contributed by atoms with Crippen LogP contribution in [0.3, 0.4) is 0 Å². The number of aryl methyl sites for hydroxylation is 1. The zero-order valence-corrected chi connectivity index (χ0v) is 8.01. The van der Waals surface area contributed by atoms with E-state index in [4.69, 9.17) is 0 Å². The lowest BCUT2D eigenvalue weighted by Gasteiger charge is -1.99. The molecule has 2 heterocycles. The highest BCUT2D eigenvalue weighted by Crippen LogP contribution is 2.09. The fraction of sp³-hybridized carbons (Fsp3) is 0.182. The molecule has 0 aliphatic rings. The van der Waals surface area contributed by atoms with Crippen molar-refractivity contribution in [3.8, 4) is 11.5 Å². The van der Waals surface area contributed by atoms with Gasteiger partial charge in [0.25, 0.3) is 0 Å². The van der Waals surface area contributed by atoms with Gasteiger partial charge in [-0.15, -0.1) is 0 Å². The standard InChI is InChI=1S/C11H11N3/c1-2-9-7-13-11(14-8-9)10-5-3-4-6-12-10/h3-8H,2H2,1H3. The summed E-state index contributed by atoms with van der Waals surface area (Å²) in [5.74, 6) is 0.683. The van der Waals surface area contributed by atoms with Gasteiger partial charge < -0.3 is 0 Å². The second-order valence-corrected chi connectivity index (χ2v) is 2.98. The van der Waals surface area contributed by atoms with E-state index in [1.807, 2.05) is 30.6 Å². The van der Waals surface area contributed by atoms with Crippen LogP contribution in [0.1, 0.15) is 12.5 Å². The molecule has 0 amide bonds. The Balaban J connectivity index is 2.34. The van der Waals surface area contributed by atoms with Crippen LogP contribution in [0.2, 0.25) is 0 Å². The summed E-state index contributed by atoms with van der Waals surface area (Å²) < 4.78 is 0. The summed E-state index contributed by atoms with van der Waals surface area (Å²) in [5, 5.41) is 0. The van der Waals surface area contributed by atoms with Gasteiger partial charge in [0.05, 0.1) is 0 Å². The third kappa shape index (κ3) is 1.76. The number of nitrogens with zero attached hydrogens (tertiary/aromatic N) is 3. The number of aromatic nitrogens is 3. The van der Waals surface area contributed by atoms with Crippen molar-refractivity contribution in [3.63, 3.8) is 0 Å². The fourth-order valence-corrected chi connectivity index (χ4v) is 1.16. The molecule has 70 valence electrons. The predicted octanol–water partition coefficient (Wildman–Crippen LogP) is 2.10. The first-order valence-corrected chi connectivity index (χ1v) is 4.62. The van der Waals surface area contributed by atoms with Crippen molar-refractivity contribution in [2.45, 2.75) is 13.3 Å². The van der Waals surface area contributed by atoms with Gasteiger partial charge in [-0.3, -0.25) is 4.98 Å². The number of rotatable bonds is 2. The molecule has 0 fully saturated rings. The van der Waals surface area contributed by atoms with E-state index in [-0.39, 0.29) is 0 Å². The lowest BCUT2D eigenvalue weighted by atomic mass is 10.2. The predicted molar refractivity (Wildman–Crippen MR) is 54.6 cm³/mol. The minimum Gasteiger partial charge on any atom is -0.253 e. The lowest BCUT2D eigenvalue weighted by molar-refractivity contribution is 1.04. The first kappa shape index (κ1) is 8.81. The minimum absolute atomic E-state index is 0.683. The maximum absolute atomic E-state index is 4.25. The monoisotopic (exact) mass is 185 g/mol. The normalized spacial score (nSPS) is 10.1. The second-order valence-electron chi connectivity index (χ2n) is 2.98. The summed E-state index contributed by atoms with van der Waals surface area (Å²) in [6.45, 7) is 2.08. The molecule has 3 heteroatoms. The summed E-state index contributed by atoms with van der Waals surface area (Å²) in [5.41, 5.74) is 1.96. The van der Waals surface area contributed by atoms with Crippen LogP contribution < -0.4 is 0 Å². The summed E-state index contributed by atoms with van der Waals surface area (Å²) >= 11 is 0. The van der Waals surface area contributed by atoms with Crippen molar-refractivity contribution >= 4 is 0 Å². The maximum Gasteiger partial charge on any atom is 0.178 e. The Morgan fingerprint density at radius 2 is 1.86 bits per heavy atom. The minimum atomic E-state index is 0.683. The zero-order valence-electron chi connectivity index (χ0n) is 8.01. The molecule has 0 bridgehead atoms. The van der Waals surface area contributed by atoms with Crippen LogP contribution in [-0.2, 0) is 6.42 Å². The van der Waals surface area contributed by atoms with E-state index in [1.165, 1.54) is 0 Å². The van der Waals surface area contributed by atoms with E-state index < -0.39 is 0 Å². The molecule has 0 N–H and O–H groups in total. The molecular weight excluding hydrogens is 174 g/mol. The van der Waals surface area contributed by atoms with E-state index in [9.17, 15) is 0 Å². The molecule has 0 atom stereocenters. The molecule has 0 saturated carbocycles. The molecule has 0 aromatic carbocycles. The van der Waals surface area contributed by atoms with Crippen LogP contribution in [-0.4, -0.2) is 15.0 Å². The quantitative estimate of drug-likeness (QED) is 0.719. The SMILES string of the molecule is CCc1cnc(-c2ccccn2)nc1. The summed E-state index contributed by atoms with van der Waals surface area (Å²) in [6, 6.07) is 5.71. The molecule has 0 saturated heterocycles. The van der Waals surface area contributed by atoms with Crippen LogP contribution in [0.15, 0.2) is 36.8 Å². The van der Waals surface area contributed by atoms with Gasteiger partial charge in [-0.2, -0.15) is 0 Å². The Hall–Kier alpha value is -1.77. The topological polar surface area (TPSA) is 38.7 Å². The average molecular weight is 185 g/mol. The van der Waals surface area contributed by atoms with Crippen LogP contribution in [0.5, 0.6) is 0 Å². The molecule has 0 radical (unpaired) electrons. The van der Waals surface area contributed by atoms with E-state index >= 15 is 0 Å². The molecule has 0 unspecified atom stereocenters. The van der Waals surface area contributed by atoms with Crippen molar-refractivity contribution in [3.05, 3.63) is 42.4 Å². The molecule has 2 aromatic heterocycles. The molecule has 3 nitrogen and oxygen atoms in total. The van der Waals surface area contributed by atoms with Gasteiger partial charge in [-0.1, -0.05) is 13.0 Å². The Morgan fingerprint density at radius 1 is 1.07 bits per heavy atom. The molecule has 2 aromatic rings. The van der Waals surface area contributed by atoms with E-state index in [2.05, 4.69) is 21.9 Å². The van der Waals surface area contributed by atoms with Crippen molar-refractivity contribution in [1.82, 2.24) is 15.0 Å². The lowest BCUT2D eigenvalue weighted by Crippen LogP contribution is -1.92.